The quantitative estimate of drug-likeness (QED) is 0.922. The molecular formula is C21H23NO3. The second kappa shape index (κ2) is 6.54. The summed E-state index contributed by atoms with van der Waals surface area (Å²) in [6, 6.07) is 12.5. The van der Waals surface area contributed by atoms with Crippen molar-refractivity contribution in [2.24, 2.45) is 0 Å². The lowest BCUT2D eigenvalue weighted by molar-refractivity contribution is -0.0355. The molecule has 2 heterocycles. The molecule has 2 aliphatic rings. The van der Waals surface area contributed by atoms with Gasteiger partial charge in [0.15, 0.2) is 17.2 Å². The topological polar surface area (TPSA) is 39.7 Å². The maximum absolute atomic E-state index is 6.20. The minimum Gasteiger partial charge on any atom is -0.454 e. The summed E-state index contributed by atoms with van der Waals surface area (Å²) in [7, 11) is 0. The van der Waals surface area contributed by atoms with Crippen LogP contribution in [0.1, 0.15) is 29.2 Å². The largest absolute Gasteiger partial charge is 0.454 e. The summed E-state index contributed by atoms with van der Waals surface area (Å²) >= 11 is 0. The molecule has 0 aromatic heterocycles. The molecule has 1 atom stereocenters. The highest BCUT2D eigenvalue weighted by Gasteiger charge is 2.34. The molecule has 0 saturated carbocycles. The Bertz CT molecular complexity index is 815. The molecule has 0 bridgehead atoms. The van der Waals surface area contributed by atoms with Crippen LogP contribution < -0.4 is 14.8 Å². The van der Waals surface area contributed by atoms with Gasteiger partial charge < -0.3 is 14.2 Å². The van der Waals surface area contributed by atoms with Gasteiger partial charge in [0.1, 0.15) is 0 Å². The van der Waals surface area contributed by atoms with Crippen LogP contribution in [0.25, 0.3) is 6.08 Å². The molecule has 0 radical (unpaired) electrons. The first-order valence-corrected chi connectivity index (χ1v) is 8.79. The van der Waals surface area contributed by atoms with Gasteiger partial charge in [0, 0.05) is 18.7 Å². The molecule has 2 aromatic rings. The van der Waals surface area contributed by atoms with Crippen molar-refractivity contribution in [2.45, 2.75) is 26.0 Å². The van der Waals surface area contributed by atoms with Gasteiger partial charge in [0.05, 0.1) is 0 Å². The molecule has 130 valence electrons. The summed E-state index contributed by atoms with van der Waals surface area (Å²) in [5, 5.41) is 3.57. The zero-order valence-corrected chi connectivity index (χ0v) is 14.7. The van der Waals surface area contributed by atoms with Gasteiger partial charge in [0.25, 0.3) is 0 Å². The Hall–Kier alpha value is -2.30. The van der Waals surface area contributed by atoms with E-state index in [0.717, 1.165) is 35.6 Å². The van der Waals surface area contributed by atoms with Crippen LogP contribution >= 0.6 is 0 Å². The third-order valence-electron chi connectivity index (χ3n) is 4.83. The van der Waals surface area contributed by atoms with Crippen LogP contribution in [0, 0.1) is 6.92 Å². The van der Waals surface area contributed by atoms with E-state index in [0.29, 0.717) is 13.4 Å². The van der Waals surface area contributed by atoms with Gasteiger partial charge in [-0.1, -0.05) is 30.3 Å². The number of ether oxygens (including phenoxy) is 3. The molecule has 1 unspecified atom stereocenters. The fourth-order valence-corrected chi connectivity index (χ4v) is 3.58. The fraction of sp³-hybridized carbons (Fsp3) is 0.333. The lowest BCUT2D eigenvalue weighted by Gasteiger charge is -2.37. The van der Waals surface area contributed by atoms with Crippen LogP contribution in [0.3, 0.4) is 0 Å². The van der Waals surface area contributed by atoms with Crippen LogP contribution in [0.5, 0.6) is 11.5 Å². The standard InChI is InChI=1S/C21H23NO3/c1-3-25-21(18-7-5-4-6-16(18)9-11-22-21)10-8-17-13-20-19(12-15(17)2)23-14-24-20/h4-8,10,12-13,22H,3,9,11,14H2,1-2H3/b10-8+. The number of hydrogen-bond donors (Lipinski definition) is 1. The molecule has 4 rings (SSSR count). The molecule has 2 aliphatic heterocycles. The average Bonchev–Trinajstić information content (AvgIpc) is 3.07. The zero-order chi connectivity index (χ0) is 17.3. The van der Waals surface area contributed by atoms with E-state index in [2.05, 4.69) is 48.7 Å². The molecule has 0 fully saturated rings. The van der Waals surface area contributed by atoms with Crippen molar-refractivity contribution >= 4 is 6.08 Å². The molecular weight excluding hydrogens is 314 g/mol. The van der Waals surface area contributed by atoms with E-state index in [4.69, 9.17) is 14.2 Å². The third kappa shape index (κ3) is 2.92. The summed E-state index contributed by atoms with van der Waals surface area (Å²) in [6.07, 6.45) is 5.25. The van der Waals surface area contributed by atoms with Crippen molar-refractivity contribution in [2.75, 3.05) is 19.9 Å². The van der Waals surface area contributed by atoms with Crippen molar-refractivity contribution in [1.82, 2.24) is 5.32 Å². The van der Waals surface area contributed by atoms with Gasteiger partial charge in [-0.3, -0.25) is 5.32 Å². The summed E-state index contributed by atoms with van der Waals surface area (Å²) in [5.41, 5.74) is 4.19. The highest BCUT2D eigenvalue weighted by Crippen LogP contribution is 2.36. The maximum atomic E-state index is 6.20. The van der Waals surface area contributed by atoms with E-state index in [1.807, 2.05) is 19.1 Å². The fourth-order valence-electron chi connectivity index (χ4n) is 3.58. The summed E-state index contributed by atoms with van der Waals surface area (Å²) in [4.78, 5) is 0. The molecule has 25 heavy (non-hydrogen) atoms. The van der Waals surface area contributed by atoms with Crippen molar-refractivity contribution < 1.29 is 14.2 Å². The average molecular weight is 337 g/mol. The maximum Gasteiger partial charge on any atom is 0.231 e. The van der Waals surface area contributed by atoms with Crippen molar-refractivity contribution in [3.05, 3.63) is 64.7 Å². The minimum absolute atomic E-state index is 0.291. The van der Waals surface area contributed by atoms with E-state index in [1.54, 1.807) is 0 Å². The first-order chi connectivity index (χ1) is 12.2. The summed E-state index contributed by atoms with van der Waals surface area (Å²) in [5.74, 6) is 1.61. The second-order valence-corrected chi connectivity index (χ2v) is 6.40. The Kier molecular flexibility index (Phi) is 4.24. The van der Waals surface area contributed by atoms with Gasteiger partial charge in [-0.2, -0.15) is 0 Å². The Labute approximate surface area is 148 Å². The predicted octanol–water partition coefficient (Wildman–Crippen LogP) is 3.77. The number of rotatable bonds is 4. The Morgan fingerprint density at radius 1 is 1.20 bits per heavy atom. The van der Waals surface area contributed by atoms with E-state index >= 15 is 0 Å². The number of fused-ring (bicyclic) bond motifs is 2. The Morgan fingerprint density at radius 2 is 2.00 bits per heavy atom. The van der Waals surface area contributed by atoms with Crippen molar-refractivity contribution in [1.29, 1.82) is 0 Å². The first kappa shape index (κ1) is 16.2. The molecule has 1 N–H and O–H groups in total. The van der Waals surface area contributed by atoms with Gasteiger partial charge in [-0.05, 0) is 55.2 Å². The second-order valence-electron chi connectivity index (χ2n) is 6.40. The summed E-state index contributed by atoms with van der Waals surface area (Å²) in [6.45, 7) is 5.92. The van der Waals surface area contributed by atoms with Gasteiger partial charge in [0.2, 0.25) is 6.79 Å². The van der Waals surface area contributed by atoms with Crippen molar-refractivity contribution in [3.63, 3.8) is 0 Å². The van der Waals surface area contributed by atoms with Gasteiger partial charge in [-0.25, -0.2) is 0 Å². The van der Waals surface area contributed by atoms with Gasteiger partial charge >= 0.3 is 0 Å². The lowest BCUT2D eigenvalue weighted by Crippen LogP contribution is -2.48. The minimum atomic E-state index is -0.591. The van der Waals surface area contributed by atoms with E-state index in [9.17, 15) is 0 Å². The van der Waals surface area contributed by atoms with Crippen LogP contribution in [-0.2, 0) is 16.9 Å². The van der Waals surface area contributed by atoms with Crippen LogP contribution in [-0.4, -0.2) is 19.9 Å². The number of hydrogen-bond acceptors (Lipinski definition) is 4. The van der Waals surface area contributed by atoms with E-state index in [-0.39, 0.29) is 0 Å². The Balaban J connectivity index is 1.73. The molecule has 0 aliphatic carbocycles. The molecule has 0 saturated heterocycles. The molecule has 4 heteroatoms. The highest BCUT2D eigenvalue weighted by atomic mass is 16.7. The first-order valence-electron chi connectivity index (χ1n) is 8.79. The summed E-state index contributed by atoms with van der Waals surface area (Å²) < 4.78 is 17.2. The molecule has 0 amide bonds. The van der Waals surface area contributed by atoms with Crippen molar-refractivity contribution in [3.8, 4) is 11.5 Å². The third-order valence-corrected chi connectivity index (χ3v) is 4.83. The SMILES string of the molecule is CCOC1(/C=C/c2cc3c(cc2C)OCO3)NCCc2ccccc21. The van der Waals surface area contributed by atoms with Crippen LogP contribution in [0.15, 0.2) is 42.5 Å². The van der Waals surface area contributed by atoms with E-state index in [1.165, 1.54) is 11.1 Å². The van der Waals surface area contributed by atoms with E-state index < -0.39 is 5.72 Å². The van der Waals surface area contributed by atoms with Crippen LogP contribution in [0.2, 0.25) is 0 Å². The lowest BCUT2D eigenvalue weighted by atomic mass is 9.90. The zero-order valence-electron chi connectivity index (χ0n) is 14.7. The number of aryl methyl sites for hydroxylation is 1. The highest BCUT2D eigenvalue weighted by molar-refractivity contribution is 5.62. The monoisotopic (exact) mass is 337 g/mol. The molecule has 0 spiro atoms. The molecule has 4 nitrogen and oxygen atoms in total. The number of nitrogens with one attached hydrogen (secondary N) is 1. The smallest absolute Gasteiger partial charge is 0.231 e. The number of benzene rings is 2. The van der Waals surface area contributed by atoms with Gasteiger partial charge in [-0.15, -0.1) is 0 Å². The van der Waals surface area contributed by atoms with Crippen LogP contribution in [0.4, 0.5) is 0 Å². The normalized spacial score (nSPS) is 21.5. The predicted molar refractivity (Wildman–Crippen MR) is 97.8 cm³/mol. The molecule has 2 aromatic carbocycles. The Morgan fingerprint density at radius 3 is 2.84 bits per heavy atom.